The van der Waals surface area contributed by atoms with Crippen LogP contribution in [0.25, 0.3) is 0 Å². The summed E-state index contributed by atoms with van der Waals surface area (Å²) in [6, 6.07) is 5.35. The van der Waals surface area contributed by atoms with Crippen LogP contribution in [0.1, 0.15) is 25.0 Å². The Morgan fingerprint density at radius 1 is 1.37 bits per heavy atom. The smallest absolute Gasteiger partial charge is 0.326 e. The van der Waals surface area contributed by atoms with Gasteiger partial charge in [-0.25, -0.2) is 8.42 Å². The van der Waals surface area contributed by atoms with Crippen molar-refractivity contribution in [2.24, 2.45) is 5.73 Å². The highest BCUT2D eigenvalue weighted by molar-refractivity contribution is 7.90. The number of carboxylic acids is 1. The Morgan fingerprint density at radius 2 is 1.84 bits per heavy atom. The van der Waals surface area contributed by atoms with Gasteiger partial charge in [0, 0.05) is 6.26 Å². The second-order valence-electron chi connectivity index (χ2n) is 4.44. The van der Waals surface area contributed by atoms with E-state index >= 15 is 0 Å². The van der Waals surface area contributed by atoms with Crippen molar-refractivity contribution in [3.05, 3.63) is 29.8 Å². The van der Waals surface area contributed by atoms with E-state index in [0.29, 0.717) is 0 Å². The highest BCUT2D eigenvalue weighted by Crippen LogP contribution is 2.27. The summed E-state index contributed by atoms with van der Waals surface area (Å²) in [6.07, 6.45) is -0.310. The second-order valence-corrected chi connectivity index (χ2v) is 6.46. The lowest BCUT2D eigenvalue weighted by atomic mass is 9.86. The van der Waals surface area contributed by atoms with Gasteiger partial charge in [-0.2, -0.15) is 0 Å². The fourth-order valence-electron chi connectivity index (χ4n) is 1.66. The van der Waals surface area contributed by atoms with Crippen LogP contribution in [0.15, 0.2) is 29.2 Å². The third-order valence-corrected chi connectivity index (χ3v) is 4.22. The van der Waals surface area contributed by atoms with Crippen molar-refractivity contribution in [3.63, 3.8) is 0 Å². The van der Waals surface area contributed by atoms with Crippen molar-refractivity contribution in [2.45, 2.75) is 29.9 Å². The fraction of sp³-hybridized carbons (Fsp3) is 0.417. The fourth-order valence-corrected chi connectivity index (χ4v) is 2.29. The number of rotatable bonds is 5. The molecule has 106 valence electrons. The third-order valence-electron chi connectivity index (χ3n) is 3.10. The first kappa shape index (κ1) is 15.6. The number of aliphatic hydroxyl groups excluding tert-OH is 1. The van der Waals surface area contributed by atoms with E-state index in [9.17, 15) is 18.3 Å². The first-order valence-corrected chi connectivity index (χ1v) is 7.52. The predicted octanol–water partition coefficient (Wildman–Crippen LogP) is 0.316. The third kappa shape index (κ3) is 3.12. The van der Waals surface area contributed by atoms with E-state index in [4.69, 9.17) is 10.8 Å². The molecule has 1 aromatic rings. The minimum Gasteiger partial charge on any atom is -0.480 e. The number of benzene rings is 1. The largest absolute Gasteiger partial charge is 0.480 e. The molecule has 0 heterocycles. The molecule has 0 bridgehead atoms. The molecule has 0 radical (unpaired) electrons. The molecule has 6 nitrogen and oxygen atoms in total. The van der Waals surface area contributed by atoms with Crippen LogP contribution < -0.4 is 5.73 Å². The van der Waals surface area contributed by atoms with Gasteiger partial charge in [0.1, 0.15) is 11.6 Å². The molecular weight excluding hydrogens is 270 g/mol. The molecule has 0 fully saturated rings. The van der Waals surface area contributed by atoms with E-state index in [0.717, 1.165) is 6.26 Å². The van der Waals surface area contributed by atoms with E-state index in [-0.39, 0.29) is 16.9 Å². The Hall–Kier alpha value is -1.44. The van der Waals surface area contributed by atoms with E-state index in [1.165, 1.54) is 24.3 Å². The van der Waals surface area contributed by atoms with Crippen LogP contribution in [-0.4, -0.2) is 36.4 Å². The maximum atomic E-state index is 11.3. The van der Waals surface area contributed by atoms with Gasteiger partial charge in [-0.1, -0.05) is 19.1 Å². The number of aliphatic carboxylic acids is 1. The molecule has 0 aliphatic rings. The van der Waals surface area contributed by atoms with Crippen molar-refractivity contribution in [2.75, 3.05) is 6.26 Å². The SMILES string of the molecule is CCC(N)(C(=O)O)C(O)c1ccc(S(C)(=O)=O)cc1. The number of carboxylic acid groups (broad SMARTS) is 1. The lowest BCUT2D eigenvalue weighted by Crippen LogP contribution is -2.52. The summed E-state index contributed by atoms with van der Waals surface area (Å²) in [6.45, 7) is 1.56. The van der Waals surface area contributed by atoms with Crippen LogP contribution in [-0.2, 0) is 14.6 Å². The van der Waals surface area contributed by atoms with Crippen molar-refractivity contribution in [1.29, 1.82) is 0 Å². The average molecular weight is 287 g/mol. The van der Waals surface area contributed by atoms with Gasteiger partial charge in [-0.15, -0.1) is 0 Å². The molecule has 2 unspecified atom stereocenters. The highest BCUT2D eigenvalue weighted by Gasteiger charge is 2.40. The topological polar surface area (TPSA) is 118 Å². The summed E-state index contributed by atoms with van der Waals surface area (Å²) in [7, 11) is -3.33. The first-order valence-electron chi connectivity index (χ1n) is 5.63. The van der Waals surface area contributed by atoms with Crippen LogP contribution in [0.2, 0.25) is 0 Å². The van der Waals surface area contributed by atoms with Gasteiger partial charge >= 0.3 is 5.97 Å². The summed E-state index contributed by atoms with van der Waals surface area (Å²) < 4.78 is 22.6. The Kier molecular flexibility index (Phi) is 4.34. The number of aliphatic hydroxyl groups is 1. The quantitative estimate of drug-likeness (QED) is 0.717. The maximum absolute atomic E-state index is 11.3. The van der Waals surface area contributed by atoms with Gasteiger partial charge in [-0.05, 0) is 24.1 Å². The van der Waals surface area contributed by atoms with Crippen molar-refractivity contribution < 1.29 is 23.4 Å². The standard InChI is InChI=1S/C12H17NO5S/c1-3-12(13,11(15)16)10(14)8-4-6-9(7-5-8)19(2,17)18/h4-7,10,14H,3,13H2,1-2H3,(H,15,16). The molecule has 0 aromatic heterocycles. The number of hydrogen-bond donors (Lipinski definition) is 3. The monoisotopic (exact) mass is 287 g/mol. The van der Waals surface area contributed by atoms with Crippen molar-refractivity contribution in [1.82, 2.24) is 0 Å². The van der Waals surface area contributed by atoms with Crippen molar-refractivity contribution >= 4 is 15.8 Å². The summed E-state index contributed by atoms with van der Waals surface area (Å²) in [5, 5.41) is 19.1. The molecule has 0 aliphatic carbocycles. The van der Waals surface area contributed by atoms with E-state index in [2.05, 4.69) is 0 Å². The molecule has 0 aliphatic heterocycles. The average Bonchev–Trinajstić information content (AvgIpc) is 2.35. The summed E-state index contributed by atoms with van der Waals surface area (Å²) in [5.41, 5.74) is 4.14. The van der Waals surface area contributed by atoms with Crippen LogP contribution in [0, 0.1) is 0 Å². The minimum atomic E-state index is -3.33. The Morgan fingerprint density at radius 3 is 2.16 bits per heavy atom. The van der Waals surface area contributed by atoms with Crippen LogP contribution in [0.3, 0.4) is 0 Å². The Labute approximate surface area is 111 Å². The van der Waals surface area contributed by atoms with Gasteiger partial charge in [0.05, 0.1) is 4.90 Å². The van der Waals surface area contributed by atoms with Crippen LogP contribution >= 0.6 is 0 Å². The van der Waals surface area contributed by atoms with E-state index < -0.39 is 27.4 Å². The van der Waals surface area contributed by atoms with E-state index in [1.807, 2.05) is 0 Å². The zero-order valence-electron chi connectivity index (χ0n) is 10.7. The van der Waals surface area contributed by atoms with Crippen LogP contribution in [0.5, 0.6) is 0 Å². The lowest BCUT2D eigenvalue weighted by molar-refractivity contribution is -0.148. The van der Waals surface area contributed by atoms with Gasteiger partial charge in [0.15, 0.2) is 9.84 Å². The number of sulfone groups is 1. The zero-order valence-corrected chi connectivity index (χ0v) is 11.5. The van der Waals surface area contributed by atoms with Gasteiger partial charge in [-0.3, -0.25) is 4.79 Å². The molecule has 19 heavy (non-hydrogen) atoms. The Balaban J connectivity index is 3.15. The molecule has 0 saturated heterocycles. The zero-order chi connectivity index (χ0) is 14.8. The second kappa shape index (κ2) is 5.28. The molecular formula is C12H17NO5S. The summed E-state index contributed by atoms with van der Waals surface area (Å²) in [5.74, 6) is -1.31. The molecule has 4 N–H and O–H groups in total. The molecule has 1 rings (SSSR count). The number of hydrogen-bond acceptors (Lipinski definition) is 5. The van der Waals surface area contributed by atoms with Crippen molar-refractivity contribution in [3.8, 4) is 0 Å². The number of nitrogens with two attached hydrogens (primary N) is 1. The van der Waals surface area contributed by atoms with Crippen LogP contribution in [0.4, 0.5) is 0 Å². The highest BCUT2D eigenvalue weighted by atomic mass is 32.2. The molecule has 2 atom stereocenters. The molecule has 0 saturated carbocycles. The maximum Gasteiger partial charge on any atom is 0.326 e. The van der Waals surface area contributed by atoms with Gasteiger partial charge in [0.2, 0.25) is 0 Å². The molecule has 1 aromatic carbocycles. The molecule has 7 heteroatoms. The summed E-state index contributed by atoms with van der Waals surface area (Å²) in [4.78, 5) is 11.2. The lowest BCUT2D eigenvalue weighted by Gasteiger charge is -2.29. The molecule has 0 spiro atoms. The summed E-state index contributed by atoms with van der Waals surface area (Å²) >= 11 is 0. The van der Waals surface area contributed by atoms with E-state index in [1.54, 1.807) is 6.92 Å². The normalized spacial score (nSPS) is 16.6. The minimum absolute atomic E-state index is 0.0390. The predicted molar refractivity (Wildman–Crippen MR) is 69.4 cm³/mol. The van der Waals surface area contributed by atoms with Gasteiger partial charge < -0.3 is 15.9 Å². The first-order chi connectivity index (χ1) is 8.63. The Bertz CT molecular complexity index is 566. The number of carbonyl (C=O) groups is 1. The van der Waals surface area contributed by atoms with Gasteiger partial charge in [0.25, 0.3) is 0 Å². The molecule has 0 amide bonds.